The van der Waals surface area contributed by atoms with Crippen LogP contribution in [0.5, 0.6) is 17.2 Å². The molecule has 0 radical (unpaired) electrons. The molecule has 1 aromatic carbocycles. The summed E-state index contributed by atoms with van der Waals surface area (Å²) in [7, 11) is 4.56. The van der Waals surface area contributed by atoms with Crippen molar-refractivity contribution in [2.45, 2.75) is 12.8 Å². The van der Waals surface area contributed by atoms with E-state index >= 15 is 0 Å². The first kappa shape index (κ1) is 23.1. The molecule has 0 aromatic heterocycles. The average Bonchev–Trinajstić information content (AvgIpc) is 3.34. The number of nitrogens with one attached hydrogen (secondary N) is 1. The van der Waals surface area contributed by atoms with Gasteiger partial charge in [0.1, 0.15) is 6.54 Å². The van der Waals surface area contributed by atoms with Gasteiger partial charge in [-0.15, -0.1) is 0 Å². The molecule has 0 aliphatic carbocycles. The minimum atomic E-state index is -0.220. The van der Waals surface area contributed by atoms with Crippen LogP contribution in [0.2, 0.25) is 0 Å². The van der Waals surface area contributed by atoms with Gasteiger partial charge in [-0.05, 0) is 38.1 Å². The van der Waals surface area contributed by atoms with Gasteiger partial charge in [-0.1, -0.05) is 0 Å². The van der Waals surface area contributed by atoms with Gasteiger partial charge < -0.3 is 34.2 Å². The van der Waals surface area contributed by atoms with Crippen molar-refractivity contribution in [2.75, 3.05) is 80.2 Å². The SMILES string of the molecule is COc1cc(C(=O)N(CCN2CCCC2)CC(=O)N2CCNCC2)cc(OC)c1OC. The van der Waals surface area contributed by atoms with Crippen molar-refractivity contribution >= 4 is 11.8 Å². The molecule has 172 valence electrons. The van der Waals surface area contributed by atoms with Crippen molar-refractivity contribution in [3.8, 4) is 17.2 Å². The van der Waals surface area contributed by atoms with E-state index in [9.17, 15) is 9.59 Å². The summed E-state index contributed by atoms with van der Waals surface area (Å²) in [5.41, 5.74) is 0.407. The topological polar surface area (TPSA) is 83.6 Å². The van der Waals surface area contributed by atoms with Crippen LogP contribution in [0.4, 0.5) is 0 Å². The summed E-state index contributed by atoms with van der Waals surface area (Å²) in [4.78, 5) is 32.2. The van der Waals surface area contributed by atoms with E-state index in [1.165, 1.54) is 34.2 Å². The van der Waals surface area contributed by atoms with Crippen LogP contribution in [0.1, 0.15) is 23.2 Å². The highest BCUT2D eigenvalue weighted by molar-refractivity contribution is 5.97. The molecule has 9 nitrogen and oxygen atoms in total. The van der Waals surface area contributed by atoms with E-state index in [-0.39, 0.29) is 18.4 Å². The minimum Gasteiger partial charge on any atom is -0.493 e. The molecule has 2 saturated heterocycles. The summed E-state index contributed by atoms with van der Waals surface area (Å²) in [6.07, 6.45) is 2.36. The fourth-order valence-electron chi connectivity index (χ4n) is 4.09. The van der Waals surface area contributed by atoms with E-state index in [0.29, 0.717) is 42.4 Å². The number of carbonyl (C=O) groups is 2. The molecular weight excluding hydrogens is 400 g/mol. The summed E-state index contributed by atoms with van der Waals surface area (Å²) in [5, 5.41) is 3.25. The molecule has 3 rings (SSSR count). The number of hydrogen-bond donors (Lipinski definition) is 1. The lowest BCUT2D eigenvalue weighted by Crippen LogP contribution is -2.51. The minimum absolute atomic E-state index is 0.0243. The number of ether oxygens (including phenoxy) is 3. The number of hydrogen-bond acceptors (Lipinski definition) is 7. The van der Waals surface area contributed by atoms with Gasteiger partial charge in [0.2, 0.25) is 11.7 Å². The fourth-order valence-corrected chi connectivity index (χ4v) is 4.09. The standard InChI is InChI=1S/C22H34N4O5/c1-29-18-14-17(15-19(30-2)21(18)31-3)22(28)26(13-12-24-8-4-5-9-24)16-20(27)25-10-6-23-7-11-25/h14-15,23H,4-13,16H2,1-3H3. The predicted molar refractivity (Wildman–Crippen MR) is 117 cm³/mol. The molecule has 31 heavy (non-hydrogen) atoms. The highest BCUT2D eigenvalue weighted by atomic mass is 16.5. The number of benzene rings is 1. The van der Waals surface area contributed by atoms with Crippen LogP contribution in [0.3, 0.4) is 0 Å². The molecule has 2 aliphatic rings. The molecule has 2 heterocycles. The molecule has 0 bridgehead atoms. The summed E-state index contributed by atoms with van der Waals surface area (Å²) < 4.78 is 16.2. The fraction of sp³-hybridized carbons (Fsp3) is 0.636. The van der Waals surface area contributed by atoms with E-state index in [2.05, 4.69) is 10.2 Å². The van der Waals surface area contributed by atoms with Gasteiger partial charge in [0, 0.05) is 44.8 Å². The predicted octanol–water partition coefficient (Wildman–Crippen LogP) is 0.682. The van der Waals surface area contributed by atoms with Crippen LogP contribution >= 0.6 is 0 Å². The quantitative estimate of drug-likeness (QED) is 0.612. The smallest absolute Gasteiger partial charge is 0.254 e. The van der Waals surface area contributed by atoms with Crippen molar-refractivity contribution in [1.82, 2.24) is 20.0 Å². The highest BCUT2D eigenvalue weighted by Crippen LogP contribution is 2.38. The summed E-state index contributed by atoms with van der Waals surface area (Å²) in [6.45, 7) is 6.27. The van der Waals surface area contributed by atoms with Crippen LogP contribution in [-0.2, 0) is 4.79 Å². The second kappa shape index (κ2) is 11.2. The van der Waals surface area contributed by atoms with Crippen molar-refractivity contribution in [3.63, 3.8) is 0 Å². The molecule has 0 atom stereocenters. The Morgan fingerprint density at radius 3 is 2.13 bits per heavy atom. The monoisotopic (exact) mass is 434 g/mol. The molecule has 0 saturated carbocycles. The molecule has 1 aromatic rings. The molecule has 2 aliphatic heterocycles. The van der Waals surface area contributed by atoms with Crippen LogP contribution in [0.15, 0.2) is 12.1 Å². The molecule has 0 spiro atoms. The lowest BCUT2D eigenvalue weighted by atomic mass is 10.1. The number of likely N-dealkylation sites (tertiary alicyclic amines) is 1. The third-order valence-electron chi connectivity index (χ3n) is 5.88. The van der Waals surface area contributed by atoms with Crippen LogP contribution < -0.4 is 19.5 Å². The summed E-state index contributed by atoms with van der Waals surface area (Å²) >= 11 is 0. The van der Waals surface area contributed by atoms with Gasteiger partial charge in [-0.3, -0.25) is 9.59 Å². The van der Waals surface area contributed by atoms with Crippen molar-refractivity contribution in [1.29, 1.82) is 0 Å². The zero-order valence-electron chi connectivity index (χ0n) is 18.8. The van der Waals surface area contributed by atoms with E-state index < -0.39 is 0 Å². The molecule has 9 heteroatoms. The lowest BCUT2D eigenvalue weighted by molar-refractivity contribution is -0.132. The maximum atomic E-state index is 13.5. The first-order chi connectivity index (χ1) is 15.1. The van der Waals surface area contributed by atoms with Gasteiger partial charge in [-0.25, -0.2) is 0 Å². The molecule has 2 amide bonds. The van der Waals surface area contributed by atoms with E-state index in [1.807, 2.05) is 4.90 Å². The highest BCUT2D eigenvalue weighted by Gasteiger charge is 2.26. The Hall–Kier alpha value is -2.52. The largest absolute Gasteiger partial charge is 0.493 e. The Morgan fingerprint density at radius 2 is 1.58 bits per heavy atom. The molecule has 1 N–H and O–H groups in total. The Balaban J connectivity index is 1.80. The van der Waals surface area contributed by atoms with Crippen molar-refractivity contribution in [2.24, 2.45) is 0 Å². The Labute approximate surface area is 184 Å². The normalized spacial score (nSPS) is 16.8. The summed E-state index contributed by atoms with van der Waals surface area (Å²) in [5.74, 6) is 1.02. The molecule has 2 fully saturated rings. The van der Waals surface area contributed by atoms with Gasteiger partial charge in [-0.2, -0.15) is 0 Å². The number of nitrogens with zero attached hydrogens (tertiary/aromatic N) is 3. The lowest BCUT2D eigenvalue weighted by Gasteiger charge is -2.31. The van der Waals surface area contributed by atoms with Crippen molar-refractivity contribution in [3.05, 3.63) is 17.7 Å². The van der Waals surface area contributed by atoms with Gasteiger partial charge in [0.15, 0.2) is 11.5 Å². The van der Waals surface area contributed by atoms with Crippen molar-refractivity contribution < 1.29 is 23.8 Å². The van der Waals surface area contributed by atoms with E-state index in [4.69, 9.17) is 14.2 Å². The Morgan fingerprint density at radius 1 is 0.968 bits per heavy atom. The third-order valence-corrected chi connectivity index (χ3v) is 5.88. The number of rotatable bonds is 9. The van der Waals surface area contributed by atoms with Gasteiger partial charge in [0.25, 0.3) is 5.91 Å². The van der Waals surface area contributed by atoms with Crippen LogP contribution in [-0.4, -0.2) is 107 Å². The first-order valence-electron chi connectivity index (χ1n) is 10.9. The second-order valence-corrected chi connectivity index (χ2v) is 7.82. The number of piperazine rings is 1. The number of carbonyl (C=O) groups excluding carboxylic acids is 2. The van der Waals surface area contributed by atoms with Crippen LogP contribution in [0, 0.1) is 0 Å². The van der Waals surface area contributed by atoms with Crippen LogP contribution in [0.25, 0.3) is 0 Å². The number of methoxy groups -OCH3 is 3. The van der Waals surface area contributed by atoms with Gasteiger partial charge in [0.05, 0.1) is 21.3 Å². The van der Waals surface area contributed by atoms with E-state index in [0.717, 1.165) is 32.7 Å². The Bertz CT molecular complexity index is 735. The maximum absolute atomic E-state index is 13.5. The Kier molecular flexibility index (Phi) is 8.36. The third kappa shape index (κ3) is 5.80. The molecule has 0 unspecified atom stereocenters. The maximum Gasteiger partial charge on any atom is 0.254 e. The first-order valence-corrected chi connectivity index (χ1v) is 10.9. The molecular formula is C22H34N4O5. The zero-order valence-corrected chi connectivity index (χ0v) is 18.8. The second-order valence-electron chi connectivity index (χ2n) is 7.82. The number of amides is 2. The van der Waals surface area contributed by atoms with E-state index in [1.54, 1.807) is 17.0 Å². The average molecular weight is 435 g/mol. The van der Waals surface area contributed by atoms with Gasteiger partial charge >= 0.3 is 0 Å². The zero-order chi connectivity index (χ0) is 22.2. The summed E-state index contributed by atoms with van der Waals surface area (Å²) in [6, 6.07) is 3.28.